The predicted octanol–water partition coefficient (Wildman–Crippen LogP) is 3.06. The third kappa shape index (κ3) is 6.42. The Kier molecular flexibility index (Phi) is 6.84. The number of amides is 3. The normalized spacial score (nSPS) is 21.2. The molecule has 0 radical (unpaired) electrons. The molecule has 2 unspecified atom stereocenters. The summed E-state index contributed by atoms with van der Waals surface area (Å²) in [6.45, 7) is 8.70. The second-order valence-electron chi connectivity index (χ2n) is 7.84. The van der Waals surface area contributed by atoms with E-state index in [4.69, 9.17) is 4.74 Å². The maximum absolute atomic E-state index is 13.0. The first-order valence-corrected chi connectivity index (χ1v) is 11.0. The summed E-state index contributed by atoms with van der Waals surface area (Å²) in [5.41, 5.74) is 0.159. The third-order valence-corrected chi connectivity index (χ3v) is 6.56. The molecule has 0 bridgehead atoms. The van der Waals surface area contributed by atoms with Crippen LogP contribution < -0.4 is 5.32 Å². The quantitative estimate of drug-likeness (QED) is 0.752. The van der Waals surface area contributed by atoms with E-state index in [9.17, 15) is 18.6 Å². The van der Waals surface area contributed by atoms with Crippen molar-refractivity contribution in [1.29, 1.82) is 0 Å². The molecule has 1 saturated heterocycles. The lowest BCUT2D eigenvalue weighted by Crippen LogP contribution is -2.41. The first-order chi connectivity index (χ1) is 13.4. The molecular formula is C20H27N3O5S. The lowest BCUT2D eigenvalue weighted by atomic mass is 10.2. The van der Waals surface area contributed by atoms with Crippen molar-refractivity contribution < 1.29 is 23.3 Å². The van der Waals surface area contributed by atoms with Crippen molar-refractivity contribution in [3.8, 4) is 0 Å². The zero-order chi connectivity index (χ0) is 21.8. The number of nitrogens with zero attached hydrogens (tertiary/aromatic N) is 2. The van der Waals surface area contributed by atoms with Crippen molar-refractivity contribution >= 4 is 33.3 Å². The van der Waals surface area contributed by atoms with Gasteiger partial charge in [0.2, 0.25) is 5.91 Å². The highest BCUT2D eigenvalue weighted by Gasteiger charge is 2.34. The summed E-state index contributed by atoms with van der Waals surface area (Å²) >= 11 is 0. The Balaban J connectivity index is 2.07. The molecule has 2 rings (SSSR count). The minimum Gasteiger partial charge on any atom is -0.444 e. The van der Waals surface area contributed by atoms with Crippen molar-refractivity contribution in [2.45, 2.75) is 38.8 Å². The highest BCUT2D eigenvalue weighted by molar-refractivity contribution is 7.94. The average molecular weight is 422 g/mol. The van der Waals surface area contributed by atoms with E-state index in [1.54, 1.807) is 40.0 Å². The molecule has 1 fully saturated rings. The van der Waals surface area contributed by atoms with E-state index < -0.39 is 27.3 Å². The Morgan fingerprint density at radius 1 is 1.28 bits per heavy atom. The molecule has 1 aliphatic rings. The fourth-order valence-corrected chi connectivity index (χ4v) is 5.12. The largest absolute Gasteiger partial charge is 0.444 e. The summed E-state index contributed by atoms with van der Waals surface area (Å²) in [6, 6.07) is 5.83. The van der Waals surface area contributed by atoms with Gasteiger partial charge < -0.3 is 15.0 Å². The Morgan fingerprint density at radius 3 is 2.45 bits per heavy atom. The second-order valence-corrected chi connectivity index (χ2v) is 10.3. The molecule has 0 spiro atoms. The van der Waals surface area contributed by atoms with Gasteiger partial charge in [0.15, 0.2) is 0 Å². The number of benzene rings is 1. The minimum atomic E-state index is -2.76. The maximum atomic E-state index is 13.0. The number of rotatable bonds is 4. The van der Waals surface area contributed by atoms with Gasteiger partial charge in [0.1, 0.15) is 5.60 Å². The Hall–Kier alpha value is -2.68. The Morgan fingerprint density at radius 2 is 1.90 bits per heavy atom. The molecule has 1 heterocycles. The van der Waals surface area contributed by atoms with E-state index in [1.807, 2.05) is 0 Å². The van der Waals surface area contributed by atoms with Crippen LogP contribution in [0.4, 0.5) is 10.5 Å². The van der Waals surface area contributed by atoms with Gasteiger partial charge in [-0.1, -0.05) is 6.58 Å². The number of carbonyl (C=O) groups excluding carboxylic acids is 3. The van der Waals surface area contributed by atoms with Crippen LogP contribution in [0.1, 0.15) is 37.6 Å². The van der Waals surface area contributed by atoms with Crippen LogP contribution in [0.3, 0.4) is 0 Å². The molecule has 1 aromatic rings. The number of anilines is 1. The molecule has 29 heavy (non-hydrogen) atoms. The van der Waals surface area contributed by atoms with Gasteiger partial charge in [0.25, 0.3) is 5.91 Å². The fourth-order valence-electron chi connectivity index (χ4n) is 2.75. The van der Waals surface area contributed by atoms with Gasteiger partial charge >= 0.3 is 6.09 Å². The van der Waals surface area contributed by atoms with Crippen LogP contribution in [0.25, 0.3) is 0 Å². The van der Waals surface area contributed by atoms with Crippen LogP contribution in [-0.2, 0) is 19.3 Å². The predicted molar refractivity (Wildman–Crippen MR) is 112 cm³/mol. The van der Waals surface area contributed by atoms with Gasteiger partial charge in [-0.25, -0.2) is 9.00 Å². The highest BCUT2D eigenvalue weighted by Crippen LogP contribution is 2.22. The topological polar surface area (TPSA) is 105 Å². The molecule has 8 nitrogen and oxygen atoms in total. The molecule has 0 saturated carbocycles. The van der Waals surface area contributed by atoms with Crippen molar-refractivity contribution in [2.75, 3.05) is 23.9 Å². The van der Waals surface area contributed by atoms with Gasteiger partial charge in [0.05, 0.1) is 15.5 Å². The number of hydrogen-bond donors (Lipinski definition) is 1. The summed E-state index contributed by atoms with van der Waals surface area (Å²) < 4.78 is 22.3. The molecule has 0 aliphatic carbocycles. The molecule has 9 heteroatoms. The van der Waals surface area contributed by atoms with Gasteiger partial charge in [0, 0.05) is 30.1 Å². The van der Waals surface area contributed by atoms with E-state index in [-0.39, 0.29) is 29.0 Å². The Bertz CT molecular complexity index is 924. The molecular weight excluding hydrogens is 394 g/mol. The van der Waals surface area contributed by atoms with Crippen LogP contribution in [-0.4, -0.2) is 57.2 Å². The standard InChI is InChI=1S/C20H27N3O5S/c1-6-17(24)21-15-9-7-14(8-10-15)18(25)22-29(27)12-11-16(13-29)23(5)19(26)28-20(2,3)4/h6-10,16H,1,11-13H2,2-5H3,(H,21,24). The third-order valence-electron chi connectivity index (χ3n) is 4.29. The lowest BCUT2D eigenvalue weighted by Gasteiger charge is -2.28. The summed E-state index contributed by atoms with van der Waals surface area (Å²) in [7, 11) is -1.16. The van der Waals surface area contributed by atoms with Gasteiger partial charge in [-0.05, 0) is 57.5 Å². The summed E-state index contributed by atoms with van der Waals surface area (Å²) in [4.78, 5) is 37.4. The summed E-state index contributed by atoms with van der Waals surface area (Å²) in [5, 5.41) is 2.58. The molecule has 1 N–H and O–H groups in total. The van der Waals surface area contributed by atoms with E-state index in [2.05, 4.69) is 16.3 Å². The molecule has 1 aliphatic heterocycles. The smallest absolute Gasteiger partial charge is 0.410 e. The van der Waals surface area contributed by atoms with E-state index >= 15 is 0 Å². The van der Waals surface area contributed by atoms with E-state index in [0.717, 1.165) is 6.08 Å². The Labute approximate surface area is 171 Å². The number of nitrogens with one attached hydrogen (secondary N) is 1. The van der Waals surface area contributed by atoms with Crippen molar-refractivity contribution in [2.24, 2.45) is 4.36 Å². The van der Waals surface area contributed by atoms with Gasteiger partial charge in [-0.2, -0.15) is 4.36 Å². The summed E-state index contributed by atoms with van der Waals surface area (Å²) in [5.74, 6) is -0.577. The van der Waals surface area contributed by atoms with E-state index in [0.29, 0.717) is 12.1 Å². The molecule has 2 atom stereocenters. The van der Waals surface area contributed by atoms with Crippen molar-refractivity contribution in [1.82, 2.24) is 4.90 Å². The second kappa shape index (κ2) is 8.77. The van der Waals surface area contributed by atoms with Crippen LogP contribution in [0.5, 0.6) is 0 Å². The fraction of sp³-hybridized carbons (Fsp3) is 0.450. The molecule has 3 amide bonds. The maximum Gasteiger partial charge on any atom is 0.410 e. The summed E-state index contributed by atoms with van der Waals surface area (Å²) in [6.07, 6.45) is 1.14. The minimum absolute atomic E-state index is 0.127. The number of hydrogen-bond acceptors (Lipinski definition) is 5. The zero-order valence-electron chi connectivity index (χ0n) is 17.1. The molecule has 158 valence electrons. The lowest BCUT2D eigenvalue weighted by molar-refractivity contribution is -0.111. The van der Waals surface area contributed by atoms with Crippen LogP contribution in [0.15, 0.2) is 41.3 Å². The van der Waals surface area contributed by atoms with Gasteiger partial charge in [-0.3, -0.25) is 9.59 Å². The van der Waals surface area contributed by atoms with Gasteiger partial charge in [-0.15, -0.1) is 0 Å². The zero-order valence-corrected chi connectivity index (χ0v) is 18.0. The van der Waals surface area contributed by atoms with Crippen molar-refractivity contribution in [3.63, 3.8) is 0 Å². The molecule has 0 aromatic heterocycles. The van der Waals surface area contributed by atoms with E-state index in [1.165, 1.54) is 17.0 Å². The first-order valence-electron chi connectivity index (χ1n) is 9.18. The monoisotopic (exact) mass is 421 g/mol. The number of carbonyl (C=O) groups is 3. The molecule has 1 aromatic carbocycles. The number of ether oxygens (including phenoxy) is 1. The van der Waals surface area contributed by atoms with Crippen LogP contribution in [0.2, 0.25) is 0 Å². The SMILES string of the molecule is C=CC(=O)Nc1ccc(C(=O)N=S2(=O)CCC(N(C)C(=O)OC(C)(C)C)C2)cc1. The van der Waals surface area contributed by atoms with Crippen molar-refractivity contribution in [3.05, 3.63) is 42.5 Å². The van der Waals surface area contributed by atoms with Crippen LogP contribution in [0, 0.1) is 0 Å². The average Bonchev–Trinajstić information content (AvgIpc) is 3.01. The first kappa shape index (κ1) is 22.6. The van der Waals surface area contributed by atoms with Crippen LogP contribution >= 0.6 is 0 Å². The highest BCUT2D eigenvalue weighted by atomic mass is 32.2.